The van der Waals surface area contributed by atoms with E-state index in [1.165, 1.54) is 0 Å². The van der Waals surface area contributed by atoms with Crippen LogP contribution in [-0.2, 0) is 6.42 Å². The first-order chi connectivity index (χ1) is 9.51. The first kappa shape index (κ1) is 15.6. The van der Waals surface area contributed by atoms with Crippen molar-refractivity contribution in [2.45, 2.75) is 33.1 Å². The fraction of sp³-hybridized carbons (Fsp3) is 0.533. The Morgan fingerprint density at radius 1 is 1.20 bits per heavy atom. The molecule has 0 aliphatic heterocycles. The summed E-state index contributed by atoms with van der Waals surface area (Å²) in [6.45, 7) is 5.24. The molecule has 20 heavy (non-hydrogen) atoms. The number of imidazole rings is 1. The molecule has 1 atom stereocenters. The molecule has 0 spiro atoms. The van der Waals surface area contributed by atoms with E-state index in [-0.39, 0.29) is 0 Å². The van der Waals surface area contributed by atoms with E-state index in [0.29, 0.717) is 21.9 Å². The molecular formula is C15H21Cl2N3. The number of hydrogen-bond donors (Lipinski definition) is 2. The monoisotopic (exact) mass is 313 g/mol. The summed E-state index contributed by atoms with van der Waals surface area (Å²) in [4.78, 5) is 7.89. The van der Waals surface area contributed by atoms with Gasteiger partial charge in [-0.3, -0.25) is 0 Å². The SMILES string of the molecule is CC(C)C(CCN)CCc1nc2cc(Cl)c(Cl)cc2[nH]1. The van der Waals surface area contributed by atoms with Crippen LogP contribution < -0.4 is 5.73 Å². The lowest BCUT2D eigenvalue weighted by Gasteiger charge is -2.19. The average molecular weight is 314 g/mol. The highest BCUT2D eigenvalue weighted by Crippen LogP contribution is 2.27. The quantitative estimate of drug-likeness (QED) is 0.829. The van der Waals surface area contributed by atoms with Gasteiger partial charge in [-0.05, 0) is 43.4 Å². The number of benzene rings is 1. The highest BCUT2D eigenvalue weighted by molar-refractivity contribution is 6.42. The van der Waals surface area contributed by atoms with Gasteiger partial charge in [0, 0.05) is 6.42 Å². The molecule has 5 heteroatoms. The third-order valence-electron chi connectivity index (χ3n) is 3.81. The van der Waals surface area contributed by atoms with Gasteiger partial charge >= 0.3 is 0 Å². The smallest absolute Gasteiger partial charge is 0.107 e. The summed E-state index contributed by atoms with van der Waals surface area (Å²) in [5, 5.41) is 1.10. The summed E-state index contributed by atoms with van der Waals surface area (Å²) < 4.78 is 0. The number of fused-ring (bicyclic) bond motifs is 1. The van der Waals surface area contributed by atoms with Crippen LogP contribution in [-0.4, -0.2) is 16.5 Å². The number of nitrogens with zero attached hydrogens (tertiary/aromatic N) is 1. The van der Waals surface area contributed by atoms with Crippen molar-refractivity contribution in [1.82, 2.24) is 9.97 Å². The molecule has 0 aliphatic carbocycles. The maximum Gasteiger partial charge on any atom is 0.107 e. The van der Waals surface area contributed by atoms with Crippen LogP contribution in [0.15, 0.2) is 12.1 Å². The molecule has 0 amide bonds. The Morgan fingerprint density at radius 3 is 2.55 bits per heavy atom. The second kappa shape index (κ2) is 6.79. The summed E-state index contributed by atoms with van der Waals surface area (Å²) in [6, 6.07) is 3.63. The van der Waals surface area contributed by atoms with Crippen LogP contribution in [0.1, 0.15) is 32.5 Å². The molecule has 0 radical (unpaired) electrons. The number of nitrogens with two attached hydrogens (primary N) is 1. The zero-order valence-electron chi connectivity index (χ0n) is 11.9. The lowest BCUT2D eigenvalue weighted by molar-refractivity contribution is 0.339. The molecule has 0 aliphatic rings. The Morgan fingerprint density at radius 2 is 1.90 bits per heavy atom. The Hall–Kier alpha value is -0.770. The van der Waals surface area contributed by atoms with Crippen molar-refractivity contribution in [3.05, 3.63) is 28.0 Å². The molecule has 2 aromatic rings. The third-order valence-corrected chi connectivity index (χ3v) is 4.53. The number of hydrogen-bond acceptors (Lipinski definition) is 2. The Labute approximate surface area is 129 Å². The number of nitrogens with one attached hydrogen (secondary N) is 1. The van der Waals surface area contributed by atoms with Crippen molar-refractivity contribution in [2.75, 3.05) is 6.54 Å². The molecule has 0 bridgehead atoms. The van der Waals surface area contributed by atoms with Crippen molar-refractivity contribution in [3.8, 4) is 0 Å². The number of H-pyrrole nitrogens is 1. The molecule has 1 aromatic heterocycles. The summed E-state index contributed by atoms with van der Waals surface area (Å²) in [5.74, 6) is 2.27. The van der Waals surface area contributed by atoms with Gasteiger partial charge in [-0.1, -0.05) is 37.0 Å². The Bertz CT molecular complexity index is 539. The van der Waals surface area contributed by atoms with Crippen LogP contribution in [0.25, 0.3) is 11.0 Å². The molecule has 1 heterocycles. The molecule has 0 saturated carbocycles. The van der Waals surface area contributed by atoms with E-state index in [4.69, 9.17) is 28.9 Å². The van der Waals surface area contributed by atoms with Gasteiger partial charge in [0.1, 0.15) is 5.82 Å². The van der Waals surface area contributed by atoms with E-state index in [1.54, 1.807) is 6.07 Å². The molecule has 0 fully saturated rings. The van der Waals surface area contributed by atoms with Gasteiger partial charge in [0.2, 0.25) is 0 Å². The molecule has 3 nitrogen and oxygen atoms in total. The molecule has 2 rings (SSSR count). The lowest BCUT2D eigenvalue weighted by atomic mass is 9.88. The van der Waals surface area contributed by atoms with Crippen LogP contribution in [0.5, 0.6) is 0 Å². The third kappa shape index (κ3) is 3.66. The van der Waals surface area contributed by atoms with Crippen LogP contribution >= 0.6 is 23.2 Å². The fourth-order valence-electron chi connectivity index (χ4n) is 2.52. The number of aromatic nitrogens is 2. The van der Waals surface area contributed by atoms with Gasteiger partial charge in [-0.2, -0.15) is 0 Å². The van der Waals surface area contributed by atoms with Gasteiger partial charge < -0.3 is 10.7 Å². The largest absolute Gasteiger partial charge is 0.342 e. The van der Waals surface area contributed by atoms with Crippen molar-refractivity contribution in [2.24, 2.45) is 17.6 Å². The van der Waals surface area contributed by atoms with Gasteiger partial charge in [0.25, 0.3) is 0 Å². The predicted octanol–water partition coefficient (Wildman–Crippen LogP) is 4.42. The number of aromatic amines is 1. The Balaban J connectivity index is 2.10. The van der Waals surface area contributed by atoms with Crippen LogP contribution in [0.2, 0.25) is 10.0 Å². The lowest BCUT2D eigenvalue weighted by Crippen LogP contribution is -2.15. The predicted molar refractivity (Wildman–Crippen MR) is 86.4 cm³/mol. The van der Waals surface area contributed by atoms with E-state index >= 15 is 0 Å². The summed E-state index contributed by atoms with van der Waals surface area (Å²) in [5.41, 5.74) is 7.49. The van der Waals surface area contributed by atoms with E-state index in [9.17, 15) is 0 Å². The first-order valence-corrected chi connectivity index (χ1v) is 7.80. The summed E-state index contributed by atoms with van der Waals surface area (Å²) >= 11 is 12.0. The molecule has 1 aromatic carbocycles. The standard InChI is InChI=1S/C15H21Cl2N3/c1-9(2)10(5-6-18)3-4-15-19-13-7-11(16)12(17)8-14(13)20-15/h7-10H,3-6,18H2,1-2H3,(H,19,20). The minimum Gasteiger partial charge on any atom is -0.342 e. The zero-order chi connectivity index (χ0) is 14.7. The van der Waals surface area contributed by atoms with E-state index in [2.05, 4.69) is 23.8 Å². The van der Waals surface area contributed by atoms with Gasteiger partial charge in [0.05, 0.1) is 21.1 Å². The zero-order valence-corrected chi connectivity index (χ0v) is 13.4. The molecule has 3 N–H and O–H groups in total. The number of rotatable bonds is 6. The maximum absolute atomic E-state index is 6.01. The number of aryl methyl sites for hydroxylation is 1. The van der Waals surface area contributed by atoms with Gasteiger partial charge in [-0.15, -0.1) is 0 Å². The minimum absolute atomic E-state index is 0.542. The topological polar surface area (TPSA) is 54.7 Å². The second-order valence-electron chi connectivity index (χ2n) is 5.59. The van der Waals surface area contributed by atoms with E-state index < -0.39 is 0 Å². The maximum atomic E-state index is 6.01. The summed E-state index contributed by atoms with van der Waals surface area (Å²) in [7, 11) is 0. The second-order valence-corrected chi connectivity index (χ2v) is 6.40. The fourth-order valence-corrected chi connectivity index (χ4v) is 2.84. The van der Waals surface area contributed by atoms with Gasteiger partial charge in [-0.25, -0.2) is 4.98 Å². The average Bonchev–Trinajstić information content (AvgIpc) is 2.76. The molecule has 1 unspecified atom stereocenters. The summed E-state index contributed by atoms with van der Waals surface area (Å²) in [6.07, 6.45) is 3.08. The highest BCUT2D eigenvalue weighted by Gasteiger charge is 2.14. The normalized spacial score (nSPS) is 13.3. The van der Waals surface area contributed by atoms with Crippen molar-refractivity contribution < 1.29 is 0 Å². The number of halogens is 2. The van der Waals surface area contributed by atoms with Crippen molar-refractivity contribution in [1.29, 1.82) is 0 Å². The van der Waals surface area contributed by atoms with Gasteiger partial charge in [0.15, 0.2) is 0 Å². The molecule has 110 valence electrons. The van der Waals surface area contributed by atoms with E-state index in [1.807, 2.05) is 6.07 Å². The van der Waals surface area contributed by atoms with Crippen LogP contribution in [0, 0.1) is 11.8 Å². The first-order valence-electron chi connectivity index (χ1n) is 7.05. The van der Waals surface area contributed by atoms with Crippen molar-refractivity contribution >= 4 is 34.2 Å². The molecular weight excluding hydrogens is 293 g/mol. The highest BCUT2D eigenvalue weighted by atomic mass is 35.5. The Kier molecular flexibility index (Phi) is 5.30. The van der Waals surface area contributed by atoms with Crippen LogP contribution in [0.4, 0.5) is 0 Å². The van der Waals surface area contributed by atoms with Crippen LogP contribution in [0.3, 0.4) is 0 Å². The van der Waals surface area contributed by atoms with E-state index in [0.717, 1.165) is 42.7 Å². The van der Waals surface area contributed by atoms with Crippen molar-refractivity contribution in [3.63, 3.8) is 0 Å². The molecule has 0 saturated heterocycles. The minimum atomic E-state index is 0.542.